The maximum Gasteiger partial charge on any atom is 0.154 e. The first kappa shape index (κ1) is 12.0. The molecule has 0 bridgehead atoms. The number of thioether (sulfide) groups is 1. The molecule has 92 valence electrons. The molecule has 3 nitrogen and oxygen atoms in total. The van der Waals surface area contributed by atoms with E-state index in [9.17, 15) is 0 Å². The van der Waals surface area contributed by atoms with Crippen molar-refractivity contribution < 1.29 is 4.74 Å². The van der Waals surface area contributed by atoms with Crippen LogP contribution in [0.4, 0.5) is 0 Å². The summed E-state index contributed by atoms with van der Waals surface area (Å²) in [5.41, 5.74) is 5.69. The van der Waals surface area contributed by atoms with Gasteiger partial charge < -0.3 is 10.5 Å². The molecule has 1 aromatic rings. The van der Waals surface area contributed by atoms with Crippen molar-refractivity contribution in [3.8, 4) is 0 Å². The van der Waals surface area contributed by atoms with Crippen molar-refractivity contribution in [3.63, 3.8) is 0 Å². The van der Waals surface area contributed by atoms with Gasteiger partial charge in [0.1, 0.15) is 5.54 Å². The lowest BCUT2D eigenvalue weighted by molar-refractivity contribution is 0.00610. The van der Waals surface area contributed by atoms with Gasteiger partial charge in [0, 0.05) is 33.0 Å². The number of hydrogen-bond acceptors (Lipinski definition) is 5. The average Bonchev–Trinajstić information content (AvgIpc) is 2.76. The van der Waals surface area contributed by atoms with E-state index in [0.29, 0.717) is 17.7 Å². The molecule has 17 heavy (non-hydrogen) atoms. The first-order valence-electron chi connectivity index (χ1n) is 5.51. The first-order chi connectivity index (χ1) is 8.21. The molecule has 2 aliphatic rings. The fourth-order valence-corrected chi connectivity index (χ4v) is 5.12. The van der Waals surface area contributed by atoms with Crippen molar-refractivity contribution in [2.24, 2.45) is 16.6 Å². The second-order valence-electron chi connectivity index (χ2n) is 4.35. The molecule has 0 radical (unpaired) electrons. The van der Waals surface area contributed by atoms with E-state index >= 15 is 0 Å². The maximum atomic E-state index is 5.92. The van der Waals surface area contributed by atoms with Crippen molar-refractivity contribution in [2.45, 2.75) is 12.0 Å². The Labute approximate surface area is 117 Å². The summed E-state index contributed by atoms with van der Waals surface area (Å²) in [6.07, 6.45) is 1.07. The van der Waals surface area contributed by atoms with Crippen LogP contribution in [-0.4, -0.2) is 24.1 Å². The van der Waals surface area contributed by atoms with Crippen molar-refractivity contribution in [1.82, 2.24) is 0 Å². The summed E-state index contributed by atoms with van der Waals surface area (Å²) in [6, 6.07) is 2.15. The van der Waals surface area contributed by atoms with Crippen LogP contribution in [0.15, 0.2) is 20.9 Å². The molecule has 2 N–H and O–H groups in total. The van der Waals surface area contributed by atoms with E-state index in [4.69, 9.17) is 15.5 Å². The van der Waals surface area contributed by atoms with Crippen LogP contribution in [0.2, 0.25) is 0 Å². The van der Waals surface area contributed by atoms with E-state index in [1.54, 1.807) is 23.1 Å². The number of aliphatic imine (C=N–C) groups is 1. The van der Waals surface area contributed by atoms with Crippen LogP contribution in [0.3, 0.4) is 0 Å². The number of rotatable bonds is 1. The lowest BCUT2D eigenvalue weighted by Gasteiger charge is -2.42. The number of halogens is 1. The zero-order valence-corrected chi connectivity index (χ0v) is 12.4. The van der Waals surface area contributed by atoms with Gasteiger partial charge in [-0.2, -0.15) is 0 Å². The molecule has 0 amide bonds. The van der Waals surface area contributed by atoms with E-state index in [2.05, 4.69) is 27.4 Å². The van der Waals surface area contributed by atoms with E-state index in [1.165, 1.54) is 4.88 Å². The molecule has 2 aliphatic heterocycles. The Morgan fingerprint density at radius 1 is 1.59 bits per heavy atom. The molecule has 0 aliphatic carbocycles. The first-order valence-corrected chi connectivity index (χ1v) is 8.17. The number of hydrogen-bond donors (Lipinski definition) is 1. The summed E-state index contributed by atoms with van der Waals surface area (Å²) >= 11 is 6.92. The van der Waals surface area contributed by atoms with Gasteiger partial charge in [-0.25, -0.2) is 4.99 Å². The van der Waals surface area contributed by atoms with Crippen LogP contribution >= 0.6 is 39.0 Å². The lowest BCUT2D eigenvalue weighted by atomic mass is 9.81. The van der Waals surface area contributed by atoms with Gasteiger partial charge in [-0.3, -0.25) is 0 Å². The highest BCUT2D eigenvalue weighted by Gasteiger charge is 2.46. The Balaban J connectivity index is 2.07. The van der Waals surface area contributed by atoms with Gasteiger partial charge in [-0.05, 0) is 28.4 Å². The minimum absolute atomic E-state index is 0.232. The maximum absolute atomic E-state index is 5.92. The molecular weight excluding hydrogens is 320 g/mol. The summed E-state index contributed by atoms with van der Waals surface area (Å²) in [7, 11) is 0. The van der Waals surface area contributed by atoms with Crippen LogP contribution in [0.25, 0.3) is 0 Å². The van der Waals surface area contributed by atoms with E-state index in [1.807, 2.05) is 0 Å². The summed E-state index contributed by atoms with van der Waals surface area (Å²) in [5.74, 6) is 1.59. The van der Waals surface area contributed by atoms with Crippen molar-refractivity contribution in [2.75, 3.05) is 19.0 Å². The number of nitrogens with zero attached hydrogens (tertiary/aromatic N) is 1. The Morgan fingerprint density at radius 2 is 2.47 bits per heavy atom. The van der Waals surface area contributed by atoms with Crippen LogP contribution < -0.4 is 5.73 Å². The minimum atomic E-state index is -0.232. The van der Waals surface area contributed by atoms with Crippen molar-refractivity contribution in [1.29, 1.82) is 0 Å². The molecule has 6 heteroatoms. The van der Waals surface area contributed by atoms with Crippen LogP contribution in [0.1, 0.15) is 11.3 Å². The molecule has 1 fully saturated rings. The van der Waals surface area contributed by atoms with Gasteiger partial charge in [0.05, 0.1) is 6.61 Å². The Morgan fingerprint density at radius 3 is 3.24 bits per heavy atom. The monoisotopic (exact) mass is 332 g/mol. The normalized spacial score (nSPS) is 33.0. The Hall–Kier alpha value is -0.0400. The van der Waals surface area contributed by atoms with Crippen molar-refractivity contribution in [3.05, 3.63) is 20.8 Å². The predicted octanol–water partition coefficient (Wildman–Crippen LogP) is 2.80. The van der Waals surface area contributed by atoms with Crippen LogP contribution in [0, 0.1) is 5.92 Å². The molecule has 0 spiro atoms. The van der Waals surface area contributed by atoms with Gasteiger partial charge in [0.15, 0.2) is 5.17 Å². The fourth-order valence-electron chi connectivity index (χ4n) is 2.44. The number of ether oxygens (including phenoxy) is 1. The number of thiophene rings is 1. The molecule has 3 heterocycles. The largest absolute Gasteiger partial charge is 0.379 e. The number of amidine groups is 1. The molecule has 0 aromatic carbocycles. The van der Waals surface area contributed by atoms with Crippen molar-refractivity contribution >= 4 is 44.2 Å². The second-order valence-corrected chi connectivity index (χ2v) is 7.22. The quantitative estimate of drug-likeness (QED) is 0.860. The number of nitrogens with two attached hydrogens (primary N) is 1. The van der Waals surface area contributed by atoms with Gasteiger partial charge in [0.25, 0.3) is 0 Å². The molecule has 1 aromatic heterocycles. The summed E-state index contributed by atoms with van der Waals surface area (Å²) in [6.45, 7) is 1.50. The fraction of sp³-hybridized carbons (Fsp3) is 0.545. The molecule has 2 atom stereocenters. The second kappa shape index (κ2) is 4.57. The third-order valence-electron chi connectivity index (χ3n) is 3.34. The zero-order chi connectivity index (χ0) is 11.9. The summed E-state index contributed by atoms with van der Waals surface area (Å²) in [5, 5.41) is 2.79. The van der Waals surface area contributed by atoms with Gasteiger partial charge >= 0.3 is 0 Å². The van der Waals surface area contributed by atoms with E-state index in [0.717, 1.165) is 23.3 Å². The highest BCUT2D eigenvalue weighted by Crippen LogP contribution is 2.46. The minimum Gasteiger partial charge on any atom is -0.379 e. The summed E-state index contributed by atoms with van der Waals surface area (Å²) in [4.78, 5) is 6.00. The Bertz CT molecular complexity index is 462. The van der Waals surface area contributed by atoms with E-state index < -0.39 is 0 Å². The average molecular weight is 333 g/mol. The Kier molecular flexibility index (Phi) is 3.23. The SMILES string of the molecule is NC1=N[C@]2(c3cc(Br)cs3)COCC[C@H]2CS1. The summed E-state index contributed by atoms with van der Waals surface area (Å²) < 4.78 is 6.79. The molecule has 3 rings (SSSR count). The predicted molar refractivity (Wildman–Crippen MR) is 76.7 cm³/mol. The third-order valence-corrected chi connectivity index (χ3v) is 6.16. The van der Waals surface area contributed by atoms with Crippen LogP contribution in [-0.2, 0) is 10.3 Å². The third kappa shape index (κ3) is 2.05. The standard InChI is InChI=1S/C11H13BrN2OS2/c12-8-3-9(16-5-8)11-6-15-2-1-7(11)4-17-10(13)14-11/h3,5,7H,1-2,4,6H2,(H2,13,14)/t7-,11+/m0/s1. The highest BCUT2D eigenvalue weighted by atomic mass is 79.9. The molecule has 0 saturated carbocycles. The van der Waals surface area contributed by atoms with E-state index in [-0.39, 0.29) is 5.54 Å². The number of fused-ring (bicyclic) bond motifs is 1. The molecule has 1 saturated heterocycles. The smallest absolute Gasteiger partial charge is 0.154 e. The van der Waals surface area contributed by atoms with Gasteiger partial charge in [-0.1, -0.05) is 11.8 Å². The topological polar surface area (TPSA) is 47.6 Å². The molecular formula is C11H13BrN2OS2. The lowest BCUT2D eigenvalue weighted by Crippen LogP contribution is -2.47. The zero-order valence-electron chi connectivity index (χ0n) is 9.19. The molecule has 0 unspecified atom stereocenters. The van der Waals surface area contributed by atoms with Crippen LogP contribution in [0.5, 0.6) is 0 Å². The van der Waals surface area contributed by atoms with Gasteiger partial charge in [-0.15, -0.1) is 11.3 Å². The highest BCUT2D eigenvalue weighted by molar-refractivity contribution is 9.10. The van der Waals surface area contributed by atoms with Gasteiger partial charge in [0.2, 0.25) is 0 Å².